The van der Waals surface area contributed by atoms with E-state index in [1.165, 1.54) is 6.26 Å². The average molecular weight is 425 g/mol. The van der Waals surface area contributed by atoms with Crippen LogP contribution in [0, 0.1) is 0 Å². The minimum atomic E-state index is -0.148. The number of likely N-dealkylation sites (N-methyl/N-ethyl adjacent to an activating group) is 1. The van der Waals surface area contributed by atoms with Gasteiger partial charge in [-0.05, 0) is 36.4 Å². The number of nitrogens with zero attached hydrogens (tertiary/aromatic N) is 3. The maximum Gasteiger partial charge on any atom is 0.317 e. The van der Waals surface area contributed by atoms with Crippen LogP contribution < -0.4 is 10.1 Å². The zero-order valence-electron chi connectivity index (χ0n) is 17.8. The minimum Gasteiger partial charge on any atom is -0.487 e. The Morgan fingerprint density at radius 1 is 1.35 bits per heavy atom. The van der Waals surface area contributed by atoms with E-state index in [9.17, 15) is 9.59 Å². The number of fused-ring (bicyclic) bond motifs is 1. The first kappa shape index (κ1) is 20.8. The number of nitrogens with one attached hydrogen (secondary N) is 2. The van der Waals surface area contributed by atoms with Gasteiger partial charge in [0, 0.05) is 50.4 Å². The van der Waals surface area contributed by atoms with E-state index in [2.05, 4.69) is 15.5 Å². The number of carbonyl (C=O) groups excluding carboxylic acids is 2. The molecule has 0 unspecified atom stereocenters. The molecule has 3 aromatic rings. The molecular weight excluding hydrogens is 398 g/mol. The van der Waals surface area contributed by atoms with E-state index in [-0.39, 0.29) is 18.0 Å². The molecule has 0 aliphatic carbocycles. The third kappa shape index (κ3) is 4.99. The summed E-state index contributed by atoms with van der Waals surface area (Å²) in [6, 6.07) is 9.45. The van der Waals surface area contributed by atoms with Crippen LogP contribution in [0.15, 0.2) is 41.1 Å². The molecule has 3 heterocycles. The zero-order valence-corrected chi connectivity index (χ0v) is 17.8. The van der Waals surface area contributed by atoms with Crippen molar-refractivity contribution in [3.8, 4) is 5.75 Å². The number of hydrogen-bond acceptors (Lipinski definition) is 5. The van der Waals surface area contributed by atoms with Crippen LogP contribution in [-0.2, 0) is 17.9 Å². The summed E-state index contributed by atoms with van der Waals surface area (Å²) in [4.78, 5) is 31.1. The van der Waals surface area contributed by atoms with Crippen LogP contribution >= 0.6 is 0 Å². The van der Waals surface area contributed by atoms with Crippen LogP contribution in [0.25, 0.3) is 10.9 Å². The number of aromatic amines is 1. The summed E-state index contributed by atoms with van der Waals surface area (Å²) in [5.74, 6) is 0.779. The molecule has 4 rings (SSSR count). The van der Waals surface area contributed by atoms with Gasteiger partial charge in [-0.1, -0.05) is 5.16 Å². The molecule has 0 saturated carbocycles. The van der Waals surface area contributed by atoms with Gasteiger partial charge < -0.3 is 29.4 Å². The molecule has 0 radical (unpaired) electrons. The molecule has 1 atom stereocenters. The highest BCUT2D eigenvalue weighted by Gasteiger charge is 2.27. The van der Waals surface area contributed by atoms with Crippen LogP contribution in [0.3, 0.4) is 0 Å². The van der Waals surface area contributed by atoms with Gasteiger partial charge in [0.25, 0.3) is 0 Å². The fourth-order valence-corrected chi connectivity index (χ4v) is 3.84. The highest BCUT2D eigenvalue weighted by molar-refractivity contribution is 5.82. The Bertz CT molecular complexity index is 1050. The van der Waals surface area contributed by atoms with Crippen molar-refractivity contribution in [3.05, 3.63) is 48.0 Å². The maximum absolute atomic E-state index is 12.6. The lowest BCUT2D eigenvalue weighted by Crippen LogP contribution is -2.52. The first-order valence-corrected chi connectivity index (χ1v) is 10.4. The molecule has 31 heavy (non-hydrogen) atoms. The van der Waals surface area contributed by atoms with E-state index < -0.39 is 0 Å². The lowest BCUT2D eigenvalue weighted by atomic mass is 10.0. The highest BCUT2D eigenvalue weighted by Crippen LogP contribution is 2.22. The lowest BCUT2D eigenvalue weighted by molar-refractivity contribution is -0.130. The van der Waals surface area contributed by atoms with Crippen molar-refractivity contribution >= 4 is 22.8 Å². The lowest BCUT2D eigenvalue weighted by Gasteiger charge is -2.37. The van der Waals surface area contributed by atoms with Gasteiger partial charge in [-0.25, -0.2) is 4.79 Å². The second kappa shape index (κ2) is 9.11. The maximum atomic E-state index is 12.6. The molecule has 9 heteroatoms. The number of urea groups is 1. The number of benzene rings is 1. The molecule has 1 aliphatic rings. The van der Waals surface area contributed by atoms with Crippen molar-refractivity contribution in [2.75, 3.05) is 20.1 Å². The fraction of sp³-hybridized carbons (Fsp3) is 0.409. The number of aromatic nitrogens is 2. The summed E-state index contributed by atoms with van der Waals surface area (Å²) in [6.07, 6.45) is 3.32. The number of likely N-dealkylation sites (tertiary alicyclic amines) is 1. The third-order valence-electron chi connectivity index (χ3n) is 5.67. The van der Waals surface area contributed by atoms with E-state index in [0.29, 0.717) is 19.7 Å². The monoisotopic (exact) mass is 425 g/mol. The fourth-order valence-electron chi connectivity index (χ4n) is 3.84. The molecule has 164 valence electrons. The SMILES string of the molecule is CC(=O)N1CCC[C@@H](N(C)C(=O)NCc2cc3ccc(OCc4ccon4)cc3[nH]2)C1. The van der Waals surface area contributed by atoms with Gasteiger partial charge in [0.15, 0.2) is 0 Å². The summed E-state index contributed by atoms with van der Waals surface area (Å²) >= 11 is 0. The minimum absolute atomic E-state index is 0.0322. The molecule has 3 amide bonds. The predicted molar refractivity (Wildman–Crippen MR) is 114 cm³/mol. The van der Waals surface area contributed by atoms with Crippen LogP contribution in [-0.4, -0.2) is 58.1 Å². The molecule has 2 N–H and O–H groups in total. The van der Waals surface area contributed by atoms with Crippen LogP contribution in [0.4, 0.5) is 4.79 Å². The topological polar surface area (TPSA) is 104 Å². The summed E-state index contributed by atoms with van der Waals surface area (Å²) in [6.45, 7) is 3.64. The van der Waals surface area contributed by atoms with Crippen molar-refractivity contribution < 1.29 is 18.8 Å². The number of hydrogen-bond donors (Lipinski definition) is 2. The zero-order chi connectivity index (χ0) is 21.8. The number of amides is 3. The molecule has 1 saturated heterocycles. The van der Waals surface area contributed by atoms with Crippen LogP contribution in [0.1, 0.15) is 31.2 Å². The smallest absolute Gasteiger partial charge is 0.317 e. The quantitative estimate of drug-likeness (QED) is 0.632. The first-order valence-electron chi connectivity index (χ1n) is 10.4. The Labute approximate surface area is 180 Å². The Kier molecular flexibility index (Phi) is 6.11. The van der Waals surface area contributed by atoms with E-state index in [1.807, 2.05) is 24.3 Å². The predicted octanol–water partition coefficient (Wildman–Crippen LogP) is 2.89. The second-order valence-electron chi connectivity index (χ2n) is 7.85. The van der Waals surface area contributed by atoms with E-state index in [4.69, 9.17) is 9.26 Å². The summed E-state index contributed by atoms with van der Waals surface area (Å²) < 4.78 is 10.5. The number of H-pyrrole nitrogens is 1. The van der Waals surface area contributed by atoms with E-state index >= 15 is 0 Å². The number of piperidine rings is 1. The number of rotatable bonds is 6. The van der Waals surface area contributed by atoms with Gasteiger partial charge in [0.05, 0.1) is 12.6 Å². The van der Waals surface area contributed by atoms with Crippen molar-refractivity contribution in [1.82, 2.24) is 25.3 Å². The molecule has 1 aliphatic heterocycles. The molecule has 1 fully saturated rings. The van der Waals surface area contributed by atoms with E-state index in [1.54, 1.807) is 29.8 Å². The Morgan fingerprint density at radius 2 is 2.23 bits per heavy atom. The van der Waals surface area contributed by atoms with E-state index in [0.717, 1.165) is 47.4 Å². The van der Waals surface area contributed by atoms with Gasteiger partial charge in [-0.15, -0.1) is 0 Å². The standard InChI is InChI=1S/C22H27N5O4/c1-15(28)27-8-3-4-19(13-27)26(2)22(29)23-12-18-10-16-5-6-20(11-21(16)24-18)30-14-17-7-9-31-25-17/h5-7,9-11,19,24H,3-4,8,12-14H2,1-2H3,(H,23,29)/t19-/m1/s1. The molecular formula is C22H27N5O4. The highest BCUT2D eigenvalue weighted by atomic mass is 16.5. The van der Waals surface area contributed by atoms with Crippen molar-refractivity contribution in [3.63, 3.8) is 0 Å². The van der Waals surface area contributed by atoms with Gasteiger partial charge in [-0.3, -0.25) is 4.79 Å². The van der Waals surface area contributed by atoms with Crippen molar-refractivity contribution in [1.29, 1.82) is 0 Å². The molecule has 2 aromatic heterocycles. The first-order chi connectivity index (χ1) is 15.0. The van der Waals surface area contributed by atoms with Gasteiger partial charge >= 0.3 is 6.03 Å². The van der Waals surface area contributed by atoms with Gasteiger partial charge in [0.1, 0.15) is 24.3 Å². The molecule has 0 bridgehead atoms. The van der Waals surface area contributed by atoms with Gasteiger partial charge in [0.2, 0.25) is 5.91 Å². The number of ether oxygens (including phenoxy) is 1. The van der Waals surface area contributed by atoms with Crippen LogP contribution in [0.5, 0.6) is 5.75 Å². The largest absolute Gasteiger partial charge is 0.487 e. The summed E-state index contributed by atoms with van der Waals surface area (Å²) in [5, 5.41) is 7.83. The summed E-state index contributed by atoms with van der Waals surface area (Å²) in [5.41, 5.74) is 2.56. The normalized spacial score (nSPS) is 16.3. The number of carbonyl (C=O) groups is 2. The Balaban J connectivity index is 1.32. The van der Waals surface area contributed by atoms with Crippen molar-refractivity contribution in [2.24, 2.45) is 0 Å². The molecule has 9 nitrogen and oxygen atoms in total. The van der Waals surface area contributed by atoms with Gasteiger partial charge in [-0.2, -0.15) is 0 Å². The Hall–Kier alpha value is -3.49. The molecule has 1 aromatic carbocycles. The molecule has 0 spiro atoms. The Morgan fingerprint density at radius 3 is 3.00 bits per heavy atom. The summed E-state index contributed by atoms with van der Waals surface area (Å²) in [7, 11) is 1.79. The second-order valence-corrected chi connectivity index (χ2v) is 7.85. The van der Waals surface area contributed by atoms with Crippen LogP contribution in [0.2, 0.25) is 0 Å². The van der Waals surface area contributed by atoms with Crippen molar-refractivity contribution in [2.45, 2.75) is 39.0 Å². The third-order valence-corrected chi connectivity index (χ3v) is 5.67. The average Bonchev–Trinajstić information content (AvgIpc) is 3.44.